The van der Waals surface area contributed by atoms with Gasteiger partial charge in [-0.1, -0.05) is 10.5 Å². The Bertz CT molecular complexity index is 864. The molecule has 1 aromatic carbocycles. The Hall–Kier alpha value is -2.69. The maximum absolute atomic E-state index is 12.2. The van der Waals surface area contributed by atoms with E-state index in [9.17, 15) is 18.0 Å². The van der Waals surface area contributed by atoms with E-state index in [4.69, 9.17) is 9.25 Å². The van der Waals surface area contributed by atoms with Crippen molar-refractivity contribution in [3.05, 3.63) is 54.0 Å². The fraction of sp³-hybridized carbons (Fsp3) is 0.250. The Morgan fingerprint density at radius 2 is 1.96 bits per heavy atom. The summed E-state index contributed by atoms with van der Waals surface area (Å²) in [6.07, 6.45) is 1.49. The number of carbonyl (C=O) groups excluding carboxylic acids is 2. The largest absolute Gasteiger partial charge is 0.467 e. The average molecular weight is 381 g/mol. The van der Waals surface area contributed by atoms with Crippen LogP contribution < -0.4 is 10.6 Å². The lowest BCUT2D eigenvalue weighted by atomic mass is 10.2. The number of nitrogens with zero attached hydrogens (tertiary/aromatic N) is 1. The van der Waals surface area contributed by atoms with Crippen molar-refractivity contribution in [2.45, 2.75) is 11.4 Å². The summed E-state index contributed by atoms with van der Waals surface area (Å²) in [6, 6.07) is 8.84. The summed E-state index contributed by atoms with van der Waals surface area (Å²) in [6.45, 7) is -0.0483. The van der Waals surface area contributed by atoms with Crippen LogP contribution in [-0.4, -0.2) is 45.4 Å². The summed E-state index contributed by atoms with van der Waals surface area (Å²) in [4.78, 5) is 28.5. The molecule has 1 heterocycles. The Balaban J connectivity index is 1.95. The number of hydrogen-bond donors (Lipinski definition) is 2. The van der Waals surface area contributed by atoms with Gasteiger partial charge in [-0.3, -0.25) is 14.4 Å². The first-order valence-electron chi connectivity index (χ1n) is 7.55. The molecule has 0 saturated heterocycles. The van der Waals surface area contributed by atoms with Crippen LogP contribution in [0.4, 0.5) is 0 Å². The molecule has 0 aliphatic rings. The Morgan fingerprint density at radius 3 is 2.62 bits per heavy atom. The van der Waals surface area contributed by atoms with Crippen LogP contribution in [0.2, 0.25) is 0 Å². The fourth-order valence-electron chi connectivity index (χ4n) is 1.97. The number of benzene rings is 1. The number of furan rings is 1. The number of nitrogens with one attached hydrogen (secondary N) is 2. The summed E-state index contributed by atoms with van der Waals surface area (Å²) in [5.74, 6) is -0.391. The van der Waals surface area contributed by atoms with Gasteiger partial charge in [0.1, 0.15) is 5.76 Å². The Kier molecular flexibility index (Phi) is 6.50. The van der Waals surface area contributed by atoms with Gasteiger partial charge in [0.2, 0.25) is 5.91 Å². The highest BCUT2D eigenvalue weighted by Crippen LogP contribution is 2.15. The Morgan fingerprint density at radius 1 is 1.19 bits per heavy atom. The van der Waals surface area contributed by atoms with Crippen LogP contribution in [0.5, 0.6) is 0 Å². The molecular formula is C16H19N3O6S. The molecule has 26 heavy (non-hydrogen) atoms. The zero-order valence-corrected chi connectivity index (χ0v) is 15.1. The van der Waals surface area contributed by atoms with Crippen molar-refractivity contribution in [3.63, 3.8) is 0 Å². The van der Waals surface area contributed by atoms with Crippen molar-refractivity contribution in [1.29, 1.82) is 0 Å². The second-order valence-corrected chi connectivity index (χ2v) is 7.10. The molecule has 2 amide bonds. The molecule has 2 rings (SSSR count). The van der Waals surface area contributed by atoms with Crippen LogP contribution in [0.1, 0.15) is 16.1 Å². The zero-order valence-electron chi connectivity index (χ0n) is 14.3. The van der Waals surface area contributed by atoms with Crippen molar-refractivity contribution in [1.82, 2.24) is 15.1 Å². The maximum Gasteiger partial charge on any atom is 0.264 e. The third kappa shape index (κ3) is 4.91. The predicted octanol–water partition coefficient (Wildman–Crippen LogP) is 0.508. The van der Waals surface area contributed by atoms with Crippen LogP contribution in [0.3, 0.4) is 0 Å². The molecule has 0 unspecified atom stereocenters. The molecule has 0 radical (unpaired) electrons. The number of carbonyl (C=O) groups is 2. The van der Waals surface area contributed by atoms with E-state index in [1.165, 1.54) is 44.7 Å². The van der Waals surface area contributed by atoms with Crippen LogP contribution in [0.15, 0.2) is 52.0 Å². The van der Waals surface area contributed by atoms with Crippen molar-refractivity contribution < 1.29 is 27.3 Å². The number of amides is 2. The van der Waals surface area contributed by atoms with Gasteiger partial charge in [0.25, 0.3) is 15.9 Å². The third-order valence-corrected chi connectivity index (χ3v) is 5.11. The molecule has 0 bridgehead atoms. The van der Waals surface area contributed by atoms with Crippen molar-refractivity contribution >= 4 is 21.8 Å². The standard InChI is InChI=1S/C16H19N3O6S/c1-19(24-2)26(22,23)14-7-3-5-12(9-14)16(21)18-11-15(20)17-10-13-6-4-8-25-13/h3-9H,10-11H2,1-2H3,(H,17,20)(H,18,21). The first-order chi connectivity index (χ1) is 12.3. The average Bonchev–Trinajstić information content (AvgIpc) is 3.17. The summed E-state index contributed by atoms with van der Waals surface area (Å²) in [5.41, 5.74) is 0.106. The van der Waals surface area contributed by atoms with Crippen LogP contribution in [-0.2, 0) is 26.2 Å². The highest BCUT2D eigenvalue weighted by atomic mass is 32.2. The van der Waals surface area contributed by atoms with Gasteiger partial charge in [-0.05, 0) is 30.3 Å². The molecule has 9 nitrogen and oxygen atoms in total. The maximum atomic E-state index is 12.2. The van der Waals surface area contributed by atoms with E-state index in [0.29, 0.717) is 10.2 Å². The topological polar surface area (TPSA) is 118 Å². The first kappa shape index (κ1) is 19.6. The highest BCUT2D eigenvalue weighted by molar-refractivity contribution is 7.89. The van der Waals surface area contributed by atoms with Gasteiger partial charge in [0, 0.05) is 12.6 Å². The lowest BCUT2D eigenvalue weighted by molar-refractivity contribution is -0.120. The van der Waals surface area contributed by atoms with Crippen LogP contribution in [0.25, 0.3) is 0 Å². The number of hydroxylamine groups is 1. The van der Waals surface area contributed by atoms with Gasteiger partial charge in [-0.2, -0.15) is 0 Å². The first-order valence-corrected chi connectivity index (χ1v) is 8.99. The number of rotatable bonds is 8. The summed E-state index contributed by atoms with van der Waals surface area (Å²) < 4.78 is 30.2. The molecule has 10 heteroatoms. The van der Waals surface area contributed by atoms with Gasteiger partial charge in [-0.15, -0.1) is 0 Å². The summed E-state index contributed by atoms with van der Waals surface area (Å²) in [5, 5.41) is 5.01. The van der Waals surface area contributed by atoms with E-state index in [1.807, 2.05) is 0 Å². The minimum absolute atomic E-state index is 0.100. The molecule has 0 spiro atoms. The molecule has 1 aromatic heterocycles. The number of hydrogen-bond acceptors (Lipinski definition) is 6. The third-order valence-electron chi connectivity index (χ3n) is 3.44. The SMILES string of the molecule is CON(C)S(=O)(=O)c1cccc(C(=O)NCC(=O)NCc2ccco2)c1. The van der Waals surface area contributed by atoms with E-state index in [-0.39, 0.29) is 23.5 Å². The highest BCUT2D eigenvalue weighted by Gasteiger charge is 2.22. The molecular weight excluding hydrogens is 362 g/mol. The van der Waals surface area contributed by atoms with Crippen LogP contribution in [0, 0.1) is 0 Å². The van der Waals surface area contributed by atoms with E-state index in [0.717, 1.165) is 0 Å². The smallest absolute Gasteiger partial charge is 0.264 e. The second-order valence-electron chi connectivity index (χ2n) is 5.16. The molecule has 0 aliphatic heterocycles. The lowest BCUT2D eigenvalue weighted by Crippen LogP contribution is -2.36. The van der Waals surface area contributed by atoms with E-state index in [1.54, 1.807) is 12.1 Å². The minimum atomic E-state index is -3.87. The molecule has 2 aromatic rings. The van der Waals surface area contributed by atoms with Gasteiger partial charge in [0.15, 0.2) is 0 Å². The summed E-state index contributed by atoms with van der Waals surface area (Å²) in [7, 11) is -1.41. The van der Waals surface area contributed by atoms with Gasteiger partial charge >= 0.3 is 0 Å². The molecule has 0 fully saturated rings. The van der Waals surface area contributed by atoms with E-state index in [2.05, 4.69) is 10.6 Å². The molecule has 2 N–H and O–H groups in total. The molecule has 0 aliphatic carbocycles. The van der Waals surface area contributed by atoms with Crippen molar-refractivity contribution in [2.24, 2.45) is 0 Å². The number of sulfonamides is 1. The van der Waals surface area contributed by atoms with Gasteiger partial charge in [-0.25, -0.2) is 8.42 Å². The predicted molar refractivity (Wildman–Crippen MR) is 91.3 cm³/mol. The Labute approximate surface area is 150 Å². The lowest BCUT2D eigenvalue weighted by Gasteiger charge is -2.14. The normalized spacial score (nSPS) is 11.3. The summed E-state index contributed by atoms with van der Waals surface area (Å²) >= 11 is 0. The zero-order chi connectivity index (χ0) is 19.2. The molecule has 0 saturated carbocycles. The second kappa shape index (κ2) is 8.61. The quantitative estimate of drug-likeness (QED) is 0.643. The van der Waals surface area contributed by atoms with Gasteiger partial charge in [0.05, 0.1) is 31.4 Å². The van der Waals surface area contributed by atoms with Crippen LogP contribution >= 0.6 is 0 Å². The van der Waals surface area contributed by atoms with E-state index < -0.39 is 21.8 Å². The van der Waals surface area contributed by atoms with E-state index >= 15 is 0 Å². The minimum Gasteiger partial charge on any atom is -0.467 e. The molecule has 0 atom stereocenters. The molecule has 140 valence electrons. The van der Waals surface area contributed by atoms with Gasteiger partial charge < -0.3 is 15.1 Å². The monoisotopic (exact) mass is 381 g/mol. The van der Waals surface area contributed by atoms with Crippen molar-refractivity contribution in [3.8, 4) is 0 Å². The van der Waals surface area contributed by atoms with Crippen molar-refractivity contribution in [2.75, 3.05) is 20.7 Å². The fourth-order valence-corrected chi connectivity index (χ4v) is 2.99.